The molecule has 17 heavy (non-hydrogen) atoms. The van der Waals surface area contributed by atoms with Gasteiger partial charge in [0.15, 0.2) is 11.5 Å². The zero-order valence-corrected chi connectivity index (χ0v) is 11.2. The normalized spacial score (nSPS) is 14.1. The minimum atomic E-state index is 0.125. The van der Waals surface area contributed by atoms with Crippen molar-refractivity contribution in [1.82, 2.24) is 5.32 Å². The smallest absolute Gasteiger partial charge is 0.161 e. The third-order valence-electron chi connectivity index (χ3n) is 2.76. The summed E-state index contributed by atoms with van der Waals surface area (Å²) in [5, 5.41) is 3.42. The van der Waals surface area contributed by atoms with E-state index < -0.39 is 0 Å². The molecule has 0 bridgehead atoms. The van der Waals surface area contributed by atoms with Crippen LogP contribution in [0.4, 0.5) is 0 Å². The van der Waals surface area contributed by atoms with Crippen molar-refractivity contribution in [2.45, 2.75) is 39.3 Å². The van der Waals surface area contributed by atoms with Gasteiger partial charge in [-0.2, -0.15) is 0 Å². The lowest BCUT2D eigenvalue weighted by atomic mass is 10.2. The molecule has 0 heterocycles. The maximum atomic E-state index is 5.84. The molecule has 3 heteroatoms. The summed E-state index contributed by atoms with van der Waals surface area (Å²) in [5.41, 5.74) is 0. The SMILES string of the molecule is CC[C@@H](C)NC[C@@H](C)Oc1ccccc1OC. The van der Waals surface area contributed by atoms with Crippen LogP contribution in [-0.4, -0.2) is 25.8 Å². The zero-order chi connectivity index (χ0) is 12.7. The summed E-state index contributed by atoms with van der Waals surface area (Å²) in [4.78, 5) is 0. The molecule has 0 saturated heterocycles. The lowest BCUT2D eigenvalue weighted by molar-refractivity contribution is 0.203. The summed E-state index contributed by atoms with van der Waals surface area (Å²) in [6, 6.07) is 8.25. The molecule has 1 aromatic rings. The number of para-hydroxylation sites is 2. The van der Waals surface area contributed by atoms with E-state index in [4.69, 9.17) is 9.47 Å². The Kier molecular flexibility index (Phi) is 5.84. The third kappa shape index (κ3) is 4.65. The van der Waals surface area contributed by atoms with Crippen molar-refractivity contribution in [3.05, 3.63) is 24.3 Å². The Morgan fingerprint density at radius 1 is 1.18 bits per heavy atom. The molecule has 0 fully saturated rings. The van der Waals surface area contributed by atoms with E-state index >= 15 is 0 Å². The minimum Gasteiger partial charge on any atom is -0.493 e. The van der Waals surface area contributed by atoms with Crippen molar-refractivity contribution >= 4 is 0 Å². The number of benzene rings is 1. The van der Waals surface area contributed by atoms with E-state index in [1.807, 2.05) is 24.3 Å². The molecule has 1 N–H and O–H groups in total. The van der Waals surface area contributed by atoms with Crippen LogP contribution in [0.5, 0.6) is 11.5 Å². The lowest BCUT2D eigenvalue weighted by Gasteiger charge is -2.19. The molecule has 96 valence electrons. The van der Waals surface area contributed by atoms with E-state index in [-0.39, 0.29) is 6.10 Å². The molecule has 0 aromatic heterocycles. The van der Waals surface area contributed by atoms with Crippen LogP contribution in [0.1, 0.15) is 27.2 Å². The fraction of sp³-hybridized carbons (Fsp3) is 0.571. The predicted molar refractivity (Wildman–Crippen MR) is 70.8 cm³/mol. The molecule has 0 aliphatic heterocycles. The predicted octanol–water partition coefficient (Wildman–Crippen LogP) is 2.85. The zero-order valence-electron chi connectivity index (χ0n) is 11.2. The Hall–Kier alpha value is -1.22. The average molecular weight is 237 g/mol. The third-order valence-corrected chi connectivity index (χ3v) is 2.76. The number of ether oxygens (including phenoxy) is 2. The first kappa shape index (κ1) is 13.8. The Labute approximate surface area is 104 Å². The van der Waals surface area contributed by atoms with Gasteiger partial charge >= 0.3 is 0 Å². The van der Waals surface area contributed by atoms with Gasteiger partial charge in [0, 0.05) is 12.6 Å². The molecular weight excluding hydrogens is 214 g/mol. The van der Waals surface area contributed by atoms with E-state index in [2.05, 4.69) is 26.1 Å². The second-order valence-electron chi connectivity index (χ2n) is 4.30. The molecule has 2 atom stereocenters. The van der Waals surface area contributed by atoms with Crippen molar-refractivity contribution < 1.29 is 9.47 Å². The first-order valence-corrected chi connectivity index (χ1v) is 6.20. The molecule has 0 spiro atoms. The Morgan fingerprint density at radius 2 is 1.82 bits per heavy atom. The summed E-state index contributed by atoms with van der Waals surface area (Å²) in [5.74, 6) is 1.58. The maximum absolute atomic E-state index is 5.84. The largest absolute Gasteiger partial charge is 0.493 e. The summed E-state index contributed by atoms with van der Waals surface area (Å²) in [6.45, 7) is 7.24. The van der Waals surface area contributed by atoms with Crippen LogP contribution in [0.2, 0.25) is 0 Å². The van der Waals surface area contributed by atoms with Crippen molar-refractivity contribution in [1.29, 1.82) is 0 Å². The summed E-state index contributed by atoms with van der Waals surface area (Å²) in [7, 11) is 1.66. The van der Waals surface area contributed by atoms with E-state index in [9.17, 15) is 0 Å². The van der Waals surface area contributed by atoms with Gasteiger partial charge in [0.2, 0.25) is 0 Å². The monoisotopic (exact) mass is 237 g/mol. The lowest BCUT2D eigenvalue weighted by Crippen LogP contribution is -2.34. The van der Waals surface area contributed by atoms with Crippen LogP contribution >= 0.6 is 0 Å². The van der Waals surface area contributed by atoms with Crippen LogP contribution in [0, 0.1) is 0 Å². The van der Waals surface area contributed by atoms with Gasteiger partial charge in [-0.15, -0.1) is 0 Å². The average Bonchev–Trinajstić information content (AvgIpc) is 2.36. The number of hydrogen-bond acceptors (Lipinski definition) is 3. The number of methoxy groups -OCH3 is 1. The summed E-state index contributed by atoms with van der Waals surface area (Å²) < 4.78 is 11.1. The molecule has 0 saturated carbocycles. The van der Waals surface area contributed by atoms with E-state index in [0.29, 0.717) is 6.04 Å². The maximum Gasteiger partial charge on any atom is 0.161 e. The van der Waals surface area contributed by atoms with Gasteiger partial charge in [-0.05, 0) is 32.4 Å². The second-order valence-corrected chi connectivity index (χ2v) is 4.30. The highest BCUT2D eigenvalue weighted by Gasteiger charge is 2.09. The molecule has 0 radical (unpaired) electrons. The van der Waals surface area contributed by atoms with Gasteiger partial charge in [-0.25, -0.2) is 0 Å². The molecule has 0 aliphatic rings. The fourth-order valence-corrected chi connectivity index (χ4v) is 1.49. The molecule has 3 nitrogen and oxygen atoms in total. The van der Waals surface area contributed by atoms with E-state index in [1.54, 1.807) is 7.11 Å². The van der Waals surface area contributed by atoms with Gasteiger partial charge in [-0.1, -0.05) is 19.1 Å². The summed E-state index contributed by atoms with van der Waals surface area (Å²) in [6.07, 6.45) is 1.25. The number of hydrogen-bond donors (Lipinski definition) is 1. The highest BCUT2D eigenvalue weighted by molar-refractivity contribution is 5.39. The standard InChI is InChI=1S/C14H23NO2/c1-5-11(2)15-10-12(3)17-14-9-7-6-8-13(14)16-4/h6-9,11-12,15H,5,10H2,1-4H3/t11-,12-/m1/s1. The topological polar surface area (TPSA) is 30.5 Å². The van der Waals surface area contributed by atoms with E-state index in [1.165, 1.54) is 0 Å². The van der Waals surface area contributed by atoms with E-state index in [0.717, 1.165) is 24.5 Å². The van der Waals surface area contributed by atoms with Crippen LogP contribution in [-0.2, 0) is 0 Å². The summed E-state index contributed by atoms with van der Waals surface area (Å²) >= 11 is 0. The molecule has 0 unspecified atom stereocenters. The highest BCUT2D eigenvalue weighted by atomic mass is 16.5. The first-order chi connectivity index (χ1) is 8.17. The quantitative estimate of drug-likeness (QED) is 0.791. The van der Waals surface area contributed by atoms with Gasteiger partial charge in [-0.3, -0.25) is 0 Å². The molecule has 1 aromatic carbocycles. The molecular formula is C14H23NO2. The van der Waals surface area contributed by atoms with Gasteiger partial charge < -0.3 is 14.8 Å². The van der Waals surface area contributed by atoms with Gasteiger partial charge in [0.05, 0.1) is 7.11 Å². The number of nitrogens with one attached hydrogen (secondary N) is 1. The second kappa shape index (κ2) is 7.17. The number of rotatable bonds is 7. The minimum absolute atomic E-state index is 0.125. The van der Waals surface area contributed by atoms with Crippen LogP contribution in [0.15, 0.2) is 24.3 Å². The van der Waals surface area contributed by atoms with Gasteiger partial charge in [0.1, 0.15) is 6.10 Å². The Bertz CT molecular complexity index is 328. The highest BCUT2D eigenvalue weighted by Crippen LogP contribution is 2.26. The van der Waals surface area contributed by atoms with Crippen LogP contribution in [0.25, 0.3) is 0 Å². The first-order valence-electron chi connectivity index (χ1n) is 6.20. The van der Waals surface area contributed by atoms with Crippen LogP contribution in [0.3, 0.4) is 0 Å². The van der Waals surface area contributed by atoms with Crippen molar-refractivity contribution in [3.63, 3.8) is 0 Å². The van der Waals surface area contributed by atoms with Gasteiger partial charge in [0.25, 0.3) is 0 Å². The van der Waals surface area contributed by atoms with Crippen molar-refractivity contribution in [3.8, 4) is 11.5 Å². The Balaban J connectivity index is 2.47. The molecule has 1 rings (SSSR count). The molecule has 0 aliphatic carbocycles. The van der Waals surface area contributed by atoms with Crippen LogP contribution < -0.4 is 14.8 Å². The molecule has 0 amide bonds. The fourth-order valence-electron chi connectivity index (χ4n) is 1.49. The Morgan fingerprint density at radius 3 is 2.41 bits per heavy atom. The van der Waals surface area contributed by atoms with Crippen molar-refractivity contribution in [2.75, 3.05) is 13.7 Å². The van der Waals surface area contributed by atoms with Crippen molar-refractivity contribution in [2.24, 2.45) is 0 Å².